The van der Waals surface area contributed by atoms with Crippen LogP contribution in [0.3, 0.4) is 0 Å². The third-order valence-corrected chi connectivity index (χ3v) is 3.59. The Bertz CT molecular complexity index is 865. The van der Waals surface area contributed by atoms with Crippen LogP contribution in [-0.4, -0.2) is 29.3 Å². The molecule has 0 unspecified atom stereocenters. The lowest BCUT2D eigenvalue weighted by atomic mass is 9.97. The van der Waals surface area contributed by atoms with Crippen molar-refractivity contribution in [2.75, 3.05) is 0 Å². The molecule has 0 radical (unpaired) electrons. The highest BCUT2D eigenvalue weighted by molar-refractivity contribution is 6.14. The molecule has 0 fully saturated rings. The Morgan fingerprint density at radius 2 is 1.65 bits per heavy atom. The Morgan fingerprint density at radius 3 is 2.35 bits per heavy atom. The first kappa shape index (κ1) is 14.6. The maximum Gasteiger partial charge on any atom is 0.346 e. The number of ether oxygens (including phenoxy) is 1. The van der Waals surface area contributed by atoms with E-state index in [2.05, 4.69) is 4.74 Å². The number of carboxylic acid groups (broad SMARTS) is 1. The van der Waals surface area contributed by atoms with Crippen LogP contribution in [0.4, 0.5) is 0 Å². The lowest BCUT2D eigenvalue weighted by Gasteiger charge is -2.06. The van der Waals surface area contributed by atoms with E-state index in [1.807, 2.05) is 0 Å². The first-order chi connectivity index (χ1) is 11.0. The van der Waals surface area contributed by atoms with Gasteiger partial charge in [0.15, 0.2) is 6.29 Å². The molecule has 3 rings (SSSR count). The molecule has 2 aromatic carbocycles. The molecule has 0 saturated heterocycles. The van der Waals surface area contributed by atoms with Gasteiger partial charge >= 0.3 is 17.9 Å². The van der Waals surface area contributed by atoms with Gasteiger partial charge in [0.2, 0.25) is 0 Å². The predicted octanol–water partition coefficient (Wildman–Crippen LogP) is 2.10. The highest BCUT2D eigenvalue weighted by atomic mass is 16.6. The van der Waals surface area contributed by atoms with Crippen molar-refractivity contribution in [2.45, 2.75) is 6.42 Å². The number of fused-ring (bicyclic) bond motifs is 1. The summed E-state index contributed by atoms with van der Waals surface area (Å²) >= 11 is 0. The molecule has 0 amide bonds. The van der Waals surface area contributed by atoms with Crippen molar-refractivity contribution in [2.24, 2.45) is 0 Å². The SMILES string of the molecule is O=Cc1cc(Cc2ccc3c(c2)C(=O)OC3=O)ccc1C(=O)O. The van der Waals surface area contributed by atoms with Gasteiger partial charge < -0.3 is 9.84 Å². The zero-order valence-electron chi connectivity index (χ0n) is 11.7. The lowest BCUT2D eigenvalue weighted by Crippen LogP contribution is -2.03. The van der Waals surface area contributed by atoms with Crippen LogP contribution in [0.25, 0.3) is 0 Å². The molecule has 0 saturated carbocycles. The normalized spacial score (nSPS) is 12.7. The molecule has 2 aromatic rings. The Labute approximate surface area is 130 Å². The number of carbonyl (C=O) groups excluding carboxylic acids is 3. The summed E-state index contributed by atoms with van der Waals surface area (Å²) in [6.07, 6.45) is 0.876. The number of hydrogen-bond donors (Lipinski definition) is 1. The highest BCUT2D eigenvalue weighted by Gasteiger charge is 2.29. The third kappa shape index (κ3) is 2.62. The van der Waals surface area contributed by atoms with Crippen LogP contribution in [-0.2, 0) is 11.2 Å². The Kier molecular flexibility index (Phi) is 3.50. The first-order valence-electron chi connectivity index (χ1n) is 6.70. The van der Waals surface area contributed by atoms with Crippen molar-refractivity contribution in [3.05, 3.63) is 69.8 Å². The van der Waals surface area contributed by atoms with Crippen molar-refractivity contribution in [3.8, 4) is 0 Å². The summed E-state index contributed by atoms with van der Waals surface area (Å²) in [5, 5.41) is 8.99. The molecule has 0 aromatic heterocycles. The van der Waals surface area contributed by atoms with Gasteiger partial charge in [0.05, 0.1) is 16.7 Å². The molecule has 1 aliphatic rings. The molecule has 0 spiro atoms. The maximum absolute atomic E-state index is 11.5. The average molecular weight is 310 g/mol. The number of hydrogen-bond acceptors (Lipinski definition) is 5. The quantitative estimate of drug-likeness (QED) is 0.527. The zero-order valence-corrected chi connectivity index (χ0v) is 11.7. The minimum absolute atomic E-state index is 0.0631. The van der Waals surface area contributed by atoms with Gasteiger partial charge in [0.1, 0.15) is 0 Å². The molecule has 6 heteroatoms. The fourth-order valence-corrected chi connectivity index (χ4v) is 2.49. The van der Waals surface area contributed by atoms with Gasteiger partial charge in [-0.15, -0.1) is 0 Å². The van der Waals surface area contributed by atoms with Gasteiger partial charge in [-0.1, -0.05) is 12.1 Å². The van der Waals surface area contributed by atoms with Gasteiger partial charge in [-0.25, -0.2) is 14.4 Å². The van der Waals surface area contributed by atoms with Crippen LogP contribution in [0.1, 0.15) is 52.6 Å². The number of benzene rings is 2. The molecular formula is C17H10O6. The van der Waals surface area contributed by atoms with E-state index in [-0.39, 0.29) is 22.3 Å². The molecule has 0 aliphatic carbocycles. The largest absolute Gasteiger partial charge is 0.478 e. The van der Waals surface area contributed by atoms with Crippen LogP contribution < -0.4 is 0 Å². The molecule has 0 atom stereocenters. The molecule has 1 heterocycles. The highest BCUT2D eigenvalue weighted by Crippen LogP contribution is 2.23. The van der Waals surface area contributed by atoms with E-state index in [1.54, 1.807) is 18.2 Å². The van der Waals surface area contributed by atoms with Crippen LogP contribution in [0.2, 0.25) is 0 Å². The van der Waals surface area contributed by atoms with E-state index in [1.165, 1.54) is 18.2 Å². The molecule has 114 valence electrons. The fraction of sp³-hybridized carbons (Fsp3) is 0.0588. The van der Waals surface area contributed by atoms with Crippen LogP contribution in [0.15, 0.2) is 36.4 Å². The van der Waals surface area contributed by atoms with Crippen molar-refractivity contribution in [3.63, 3.8) is 0 Å². The summed E-state index contributed by atoms with van der Waals surface area (Å²) in [6, 6.07) is 9.23. The number of carbonyl (C=O) groups is 4. The van der Waals surface area contributed by atoms with Crippen molar-refractivity contribution in [1.82, 2.24) is 0 Å². The van der Waals surface area contributed by atoms with Crippen molar-refractivity contribution >= 4 is 24.2 Å². The third-order valence-electron chi connectivity index (χ3n) is 3.59. The van der Waals surface area contributed by atoms with Gasteiger partial charge in [-0.05, 0) is 41.8 Å². The van der Waals surface area contributed by atoms with Gasteiger partial charge in [-0.2, -0.15) is 0 Å². The number of rotatable bonds is 4. The second-order valence-electron chi connectivity index (χ2n) is 5.08. The van der Waals surface area contributed by atoms with Crippen molar-refractivity contribution in [1.29, 1.82) is 0 Å². The van der Waals surface area contributed by atoms with E-state index in [0.29, 0.717) is 12.7 Å². The average Bonchev–Trinajstić information content (AvgIpc) is 2.81. The summed E-state index contributed by atoms with van der Waals surface area (Å²) in [4.78, 5) is 44.9. The predicted molar refractivity (Wildman–Crippen MR) is 77.8 cm³/mol. The fourth-order valence-electron chi connectivity index (χ4n) is 2.49. The minimum Gasteiger partial charge on any atom is -0.478 e. The number of carboxylic acids is 1. The van der Waals surface area contributed by atoms with E-state index < -0.39 is 17.9 Å². The van der Waals surface area contributed by atoms with Crippen LogP contribution in [0, 0.1) is 0 Å². The van der Waals surface area contributed by atoms with E-state index >= 15 is 0 Å². The first-order valence-corrected chi connectivity index (χ1v) is 6.70. The molecule has 6 nitrogen and oxygen atoms in total. The molecule has 1 N–H and O–H groups in total. The molecule has 0 bridgehead atoms. The topological polar surface area (TPSA) is 97.7 Å². The van der Waals surface area contributed by atoms with Crippen LogP contribution in [0.5, 0.6) is 0 Å². The second-order valence-corrected chi connectivity index (χ2v) is 5.08. The van der Waals surface area contributed by atoms with Gasteiger partial charge in [0, 0.05) is 5.56 Å². The lowest BCUT2D eigenvalue weighted by molar-refractivity contribution is 0.0443. The minimum atomic E-state index is -1.17. The zero-order chi connectivity index (χ0) is 16.6. The number of esters is 2. The maximum atomic E-state index is 11.5. The monoisotopic (exact) mass is 310 g/mol. The van der Waals surface area contributed by atoms with Crippen molar-refractivity contribution < 1.29 is 29.0 Å². The summed E-state index contributed by atoms with van der Waals surface area (Å²) in [5.74, 6) is -2.51. The number of cyclic esters (lactones) is 2. The smallest absolute Gasteiger partial charge is 0.346 e. The molecule has 1 aliphatic heterocycles. The van der Waals surface area contributed by atoms with Crippen LogP contribution >= 0.6 is 0 Å². The molecular weight excluding hydrogens is 300 g/mol. The Hall–Kier alpha value is -3.28. The summed E-state index contributed by atoms with van der Waals surface area (Å²) < 4.78 is 4.53. The summed E-state index contributed by atoms with van der Waals surface area (Å²) in [6.45, 7) is 0. The van der Waals surface area contributed by atoms with Gasteiger partial charge in [-0.3, -0.25) is 4.79 Å². The Balaban J connectivity index is 1.93. The number of aldehydes is 1. The van der Waals surface area contributed by atoms with E-state index in [4.69, 9.17) is 5.11 Å². The van der Waals surface area contributed by atoms with E-state index in [0.717, 1.165) is 11.1 Å². The summed E-state index contributed by atoms with van der Waals surface area (Å²) in [7, 11) is 0. The number of aromatic carboxylic acids is 1. The summed E-state index contributed by atoms with van der Waals surface area (Å²) in [5.41, 5.74) is 1.93. The van der Waals surface area contributed by atoms with E-state index in [9.17, 15) is 19.2 Å². The van der Waals surface area contributed by atoms with Gasteiger partial charge in [0.25, 0.3) is 0 Å². The second kappa shape index (κ2) is 5.49. The standard InChI is InChI=1S/C17H10O6/c18-8-11-6-9(1-3-12(11)15(19)20)5-10-2-4-13-14(7-10)17(22)23-16(13)21/h1-4,6-8H,5H2,(H,19,20). The Morgan fingerprint density at radius 1 is 1.00 bits per heavy atom. The molecule has 23 heavy (non-hydrogen) atoms.